The topological polar surface area (TPSA) is 66.0 Å². The molecule has 76 valence electrons. The summed E-state index contributed by atoms with van der Waals surface area (Å²) in [6, 6.07) is 0. The number of rotatable bonds is 2. The molecule has 4 heteroatoms. The van der Waals surface area contributed by atoms with Crippen molar-refractivity contribution in [3.8, 4) is 0 Å². The zero-order valence-electron chi connectivity index (χ0n) is 8.21. The molecule has 0 bridgehead atoms. The van der Waals surface area contributed by atoms with Crippen molar-refractivity contribution in [2.75, 3.05) is 0 Å². The number of aromatic nitrogens is 2. The first-order chi connectivity index (χ1) is 6.70. The Kier molecular flexibility index (Phi) is 2.27. The second-order valence-corrected chi connectivity index (χ2v) is 3.90. The van der Waals surface area contributed by atoms with Gasteiger partial charge in [0.15, 0.2) is 5.69 Å². The third kappa shape index (κ3) is 1.41. The van der Waals surface area contributed by atoms with Crippen LogP contribution in [-0.2, 0) is 0 Å². The minimum atomic E-state index is -0.942. The Labute approximate surface area is 82.3 Å². The number of H-pyrrole nitrogens is 1. The van der Waals surface area contributed by atoms with Crippen molar-refractivity contribution in [3.05, 3.63) is 17.0 Å². The van der Waals surface area contributed by atoms with Gasteiger partial charge in [0.05, 0.1) is 0 Å². The zero-order chi connectivity index (χ0) is 10.1. The Morgan fingerprint density at radius 3 is 2.64 bits per heavy atom. The van der Waals surface area contributed by atoms with Crippen LogP contribution in [0.15, 0.2) is 0 Å². The third-order valence-electron chi connectivity index (χ3n) is 3.01. The van der Waals surface area contributed by atoms with Gasteiger partial charge in [0.2, 0.25) is 0 Å². The van der Waals surface area contributed by atoms with Crippen LogP contribution in [0.4, 0.5) is 0 Å². The Bertz CT molecular complexity index is 351. The summed E-state index contributed by atoms with van der Waals surface area (Å²) in [6.07, 6.45) is 4.79. The van der Waals surface area contributed by atoms with Crippen molar-refractivity contribution in [1.29, 1.82) is 0 Å². The van der Waals surface area contributed by atoms with Crippen molar-refractivity contribution in [2.24, 2.45) is 0 Å². The van der Waals surface area contributed by atoms with Crippen LogP contribution in [0.1, 0.15) is 53.3 Å². The minimum Gasteiger partial charge on any atom is -0.476 e. The van der Waals surface area contributed by atoms with Crippen LogP contribution >= 0.6 is 0 Å². The number of aromatic amines is 1. The minimum absolute atomic E-state index is 0.173. The molecule has 1 heterocycles. The lowest BCUT2D eigenvalue weighted by Gasteiger charge is -2.06. The molecule has 14 heavy (non-hydrogen) atoms. The van der Waals surface area contributed by atoms with Crippen molar-refractivity contribution in [3.63, 3.8) is 0 Å². The standard InChI is InChI=1S/C10H14N2O2/c1-6-8(7-4-2-3-5-7)11-12-9(6)10(13)14/h7H,2-5H2,1H3,(H,11,12)(H,13,14). The van der Waals surface area contributed by atoms with Crippen molar-refractivity contribution in [2.45, 2.75) is 38.5 Å². The Morgan fingerprint density at radius 1 is 1.50 bits per heavy atom. The van der Waals surface area contributed by atoms with Crippen LogP contribution in [-0.4, -0.2) is 21.3 Å². The second kappa shape index (κ2) is 3.44. The molecule has 1 saturated carbocycles. The normalized spacial score (nSPS) is 17.5. The van der Waals surface area contributed by atoms with Gasteiger partial charge in [0.1, 0.15) is 0 Å². The number of nitrogens with one attached hydrogen (secondary N) is 1. The summed E-state index contributed by atoms with van der Waals surface area (Å²) in [5.74, 6) is -0.446. The molecule has 1 aliphatic carbocycles. The van der Waals surface area contributed by atoms with Gasteiger partial charge in [-0.25, -0.2) is 4.79 Å². The molecule has 0 atom stereocenters. The van der Waals surface area contributed by atoms with Crippen LogP contribution < -0.4 is 0 Å². The van der Waals surface area contributed by atoms with E-state index >= 15 is 0 Å². The van der Waals surface area contributed by atoms with Crippen LogP contribution in [0, 0.1) is 6.92 Å². The number of hydrogen-bond acceptors (Lipinski definition) is 2. The molecular weight excluding hydrogens is 180 g/mol. The number of carboxylic acids is 1. The summed E-state index contributed by atoms with van der Waals surface area (Å²) >= 11 is 0. The summed E-state index contributed by atoms with van der Waals surface area (Å²) in [7, 11) is 0. The molecule has 0 aliphatic heterocycles. The van der Waals surface area contributed by atoms with Crippen molar-refractivity contribution < 1.29 is 9.90 Å². The molecule has 0 radical (unpaired) electrons. The van der Waals surface area contributed by atoms with Gasteiger partial charge in [-0.15, -0.1) is 0 Å². The lowest BCUT2D eigenvalue weighted by molar-refractivity contribution is 0.0689. The Morgan fingerprint density at radius 2 is 2.14 bits per heavy atom. The highest BCUT2D eigenvalue weighted by Crippen LogP contribution is 2.35. The Hall–Kier alpha value is -1.32. The van der Waals surface area contributed by atoms with E-state index in [0.29, 0.717) is 5.92 Å². The summed E-state index contributed by atoms with van der Waals surface area (Å²) in [6.45, 7) is 1.83. The molecule has 1 aliphatic rings. The van der Waals surface area contributed by atoms with E-state index in [-0.39, 0.29) is 5.69 Å². The highest BCUT2D eigenvalue weighted by atomic mass is 16.4. The maximum absolute atomic E-state index is 10.8. The molecular formula is C10H14N2O2. The highest BCUT2D eigenvalue weighted by Gasteiger charge is 2.24. The summed E-state index contributed by atoms with van der Waals surface area (Å²) in [5, 5.41) is 15.5. The lowest BCUT2D eigenvalue weighted by Crippen LogP contribution is -2.00. The molecule has 1 fully saturated rings. The van der Waals surface area contributed by atoms with Gasteiger partial charge in [-0.1, -0.05) is 12.8 Å². The average molecular weight is 194 g/mol. The van der Waals surface area contributed by atoms with E-state index in [0.717, 1.165) is 24.1 Å². The number of nitrogens with zero attached hydrogens (tertiary/aromatic N) is 1. The van der Waals surface area contributed by atoms with E-state index < -0.39 is 5.97 Å². The second-order valence-electron chi connectivity index (χ2n) is 3.90. The SMILES string of the molecule is Cc1c(C(=O)O)n[nH]c1C1CCCC1. The maximum atomic E-state index is 10.8. The molecule has 2 rings (SSSR count). The van der Waals surface area contributed by atoms with E-state index in [1.165, 1.54) is 12.8 Å². The van der Waals surface area contributed by atoms with Gasteiger partial charge < -0.3 is 5.11 Å². The quantitative estimate of drug-likeness (QED) is 0.757. The lowest BCUT2D eigenvalue weighted by atomic mass is 10.00. The van der Waals surface area contributed by atoms with Gasteiger partial charge in [0, 0.05) is 17.2 Å². The van der Waals surface area contributed by atoms with E-state index in [4.69, 9.17) is 5.11 Å². The predicted octanol–water partition coefficient (Wildman–Crippen LogP) is 2.07. The fourth-order valence-corrected chi connectivity index (χ4v) is 2.23. The molecule has 4 nitrogen and oxygen atoms in total. The number of carboxylic acid groups (broad SMARTS) is 1. The molecule has 0 unspecified atom stereocenters. The van der Waals surface area contributed by atoms with Gasteiger partial charge >= 0.3 is 5.97 Å². The monoisotopic (exact) mass is 194 g/mol. The van der Waals surface area contributed by atoms with Gasteiger partial charge in [0.25, 0.3) is 0 Å². The third-order valence-corrected chi connectivity index (χ3v) is 3.01. The summed E-state index contributed by atoms with van der Waals surface area (Å²) in [5.41, 5.74) is 2.01. The van der Waals surface area contributed by atoms with Crippen molar-refractivity contribution >= 4 is 5.97 Å². The molecule has 1 aromatic heterocycles. The molecule has 0 spiro atoms. The number of aromatic carboxylic acids is 1. The van der Waals surface area contributed by atoms with Crippen LogP contribution in [0.5, 0.6) is 0 Å². The van der Waals surface area contributed by atoms with E-state index in [9.17, 15) is 4.79 Å². The molecule has 2 N–H and O–H groups in total. The maximum Gasteiger partial charge on any atom is 0.356 e. The fraction of sp³-hybridized carbons (Fsp3) is 0.600. The molecule has 0 aromatic carbocycles. The number of carbonyl (C=O) groups is 1. The first kappa shape index (κ1) is 9.24. The molecule has 1 aromatic rings. The number of hydrogen-bond donors (Lipinski definition) is 2. The van der Waals surface area contributed by atoms with E-state index in [1.807, 2.05) is 6.92 Å². The first-order valence-corrected chi connectivity index (χ1v) is 4.98. The summed E-state index contributed by atoms with van der Waals surface area (Å²) < 4.78 is 0. The van der Waals surface area contributed by atoms with Crippen LogP contribution in [0.3, 0.4) is 0 Å². The predicted molar refractivity (Wildman–Crippen MR) is 51.5 cm³/mol. The van der Waals surface area contributed by atoms with Gasteiger partial charge in [-0.2, -0.15) is 5.10 Å². The summed E-state index contributed by atoms with van der Waals surface area (Å²) in [4.78, 5) is 10.8. The van der Waals surface area contributed by atoms with Crippen LogP contribution in [0.2, 0.25) is 0 Å². The average Bonchev–Trinajstić information content (AvgIpc) is 2.71. The highest BCUT2D eigenvalue weighted by molar-refractivity contribution is 5.87. The van der Waals surface area contributed by atoms with E-state index in [1.54, 1.807) is 0 Å². The first-order valence-electron chi connectivity index (χ1n) is 4.98. The molecule has 0 saturated heterocycles. The largest absolute Gasteiger partial charge is 0.476 e. The van der Waals surface area contributed by atoms with Gasteiger partial charge in [-0.3, -0.25) is 5.10 Å². The van der Waals surface area contributed by atoms with Gasteiger partial charge in [-0.05, 0) is 19.8 Å². The Balaban J connectivity index is 2.30. The van der Waals surface area contributed by atoms with Crippen molar-refractivity contribution in [1.82, 2.24) is 10.2 Å². The fourth-order valence-electron chi connectivity index (χ4n) is 2.23. The molecule has 0 amide bonds. The zero-order valence-corrected chi connectivity index (χ0v) is 8.21. The van der Waals surface area contributed by atoms with Crippen LogP contribution in [0.25, 0.3) is 0 Å². The smallest absolute Gasteiger partial charge is 0.356 e. The van der Waals surface area contributed by atoms with E-state index in [2.05, 4.69) is 10.2 Å².